The molecule has 1 aliphatic rings. The van der Waals surface area contributed by atoms with E-state index >= 15 is 0 Å². The summed E-state index contributed by atoms with van der Waals surface area (Å²) in [5, 5.41) is 11.4. The second-order valence-electron chi connectivity index (χ2n) is 1.44. The lowest BCUT2D eigenvalue weighted by molar-refractivity contribution is -0.172. The number of hydroxylamine groups is 1. The van der Waals surface area contributed by atoms with Gasteiger partial charge in [0.15, 0.2) is 0 Å². The zero-order valence-corrected chi connectivity index (χ0v) is 3.76. The van der Waals surface area contributed by atoms with Crippen molar-refractivity contribution in [2.75, 3.05) is 20.1 Å². The number of hydrazine groups is 1. The lowest BCUT2D eigenvalue weighted by Crippen LogP contribution is -2.19. The van der Waals surface area contributed by atoms with Crippen LogP contribution in [0.4, 0.5) is 0 Å². The molecule has 0 amide bonds. The van der Waals surface area contributed by atoms with E-state index < -0.39 is 0 Å². The van der Waals surface area contributed by atoms with Crippen LogP contribution in [0.1, 0.15) is 0 Å². The predicted molar refractivity (Wildman–Crippen MR) is 21.1 cm³/mol. The van der Waals surface area contributed by atoms with Crippen LogP contribution in [0.2, 0.25) is 0 Å². The van der Waals surface area contributed by atoms with Gasteiger partial charge >= 0.3 is 0 Å². The molecule has 1 fully saturated rings. The van der Waals surface area contributed by atoms with Crippen LogP contribution < -0.4 is 0 Å². The average Bonchev–Trinajstić information content (AvgIpc) is 2.06. The van der Waals surface area contributed by atoms with Crippen molar-refractivity contribution in [3.63, 3.8) is 0 Å². The summed E-state index contributed by atoms with van der Waals surface area (Å²) in [5.41, 5.74) is 0. The third kappa shape index (κ3) is 0.680. The first kappa shape index (κ1) is 4.05. The van der Waals surface area contributed by atoms with Crippen molar-refractivity contribution in [2.45, 2.75) is 0 Å². The van der Waals surface area contributed by atoms with Crippen molar-refractivity contribution >= 4 is 0 Å². The maximum atomic E-state index is 8.45. The number of hydrogen-bond acceptors (Lipinski definition) is 3. The molecule has 3 heteroatoms. The molecule has 6 heavy (non-hydrogen) atoms. The van der Waals surface area contributed by atoms with E-state index in [1.165, 1.54) is 0 Å². The fourth-order valence-electron chi connectivity index (χ4n) is 0.334. The SMILES string of the molecule is CN(O)N1CC1. The summed E-state index contributed by atoms with van der Waals surface area (Å²) in [7, 11) is 1.62. The highest BCUT2D eigenvalue weighted by atomic mass is 16.6. The topological polar surface area (TPSA) is 26.5 Å². The second kappa shape index (κ2) is 1.18. The normalized spacial score (nSPS) is 22.5. The lowest BCUT2D eigenvalue weighted by Gasteiger charge is -2.04. The van der Waals surface area contributed by atoms with Gasteiger partial charge in [-0.3, -0.25) is 5.21 Å². The summed E-state index contributed by atoms with van der Waals surface area (Å²) < 4.78 is 0. The van der Waals surface area contributed by atoms with Gasteiger partial charge in [-0.05, 0) is 0 Å². The fraction of sp³-hybridized carbons (Fsp3) is 1.00. The summed E-state index contributed by atoms with van der Waals surface area (Å²) >= 11 is 0. The standard InChI is InChI=1S/C3H8N2O/c1-4(6)5-2-3-5/h6H,2-3H2,1H3. The van der Waals surface area contributed by atoms with Crippen LogP contribution in [0.25, 0.3) is 0 Å². The first-order valence-electron chi connectivity index (χ1n) is 1.98. The van der Waals surface area contributed by atoms with Gasteiger partial charge in [-0.2, -0.15) is 0 Å². The van der Waals surface area contributed by atoms with Crippen LogP contribution in [0.15, 0.2) is 0 Å². The van der Waals surface area contributed by atoms with Gasteiger partial charge in [0, 0.05) is 20.1 Å². The van der Waals surface area contributed by atoms with Crippen LogP contribution in [0.5, 0.6) is 0 Å². The van der Waals surface area contributed by atoms with E-state index in [1.54, 1.807) is 12.1 Å². The summed E-state index contributed by atoms with van der Waals surface area (Å²) in [6.45, 7) is 2.01. The van der Waals surface area contributed by atoms with Gasteiger partial charge in [0.2, 0.25) is 0 Å². The highest BCUT2D eigenvalue weighted by Gasteiger charge is 2.19. The Morgan fingerprint density at radius 1 is 1.67 bits per heavy atom. The van der Waals surface area contributed by atoms with Crippen molar-refractivity contribution in [3.05, 3.63) is 0 Å². The van der Waals surface area contributed by atoms with E-state index in [9.17, 15) is 0 Å². The Balaban J connectivity index is 2.13. The highest BCUT2D eigenvalue weighted by Crippen LogP contribution is 2.02. The van der Waals surface area contributed by atoms with Crippen LogP contribution in [-0.4, -0.2) is 35.5 Å². The number of nitrogens with zero attached hydrogens (tertiary/aromatic N) is 2. The molecule has 1 N–H and O–H groups in total. The summed E-state index contributed by atoms with van der Waals surface area (Å²) in [6, 6.07) is 0. The molecule has 1 rings (SSSR count). The summed E-state index contributed by atoms with van der Waals surface area (Å²) in [6.07, 6.45) is 0. The fourth-order valence-corrected chi connectivity index (χ4v) is 0.334. The van der Waals surface area contributed by atoms with E-state index in [0.29, 0.717) is 0 Å². The van der Waals surface area contributed by atoms with Gasteiger partial charge in [0.25, 0.3) is 0 Å². The molecule has 0 radical (unpaired) electrons. The van der Waals surface area contributed by atoms with E-state index in [4.69, 9.17) is 5.21 Å². The molecule has 36 valence electrons. The van der Waals surface area contributed by atoms with Crippen molar-refractivity contribution in [1.82, 2.24) is 10.2 Å². The Hall–Kier alpha value is -0.120. The van der Waals surface area contributed by atoms with E-state index in [2.05, 4.69) is 0 Å². The van der Waals surface area contributed by atoms with Crippen LogP contribution in [-0.2, 0) is 0 Å². The first-order valence-corrected chi connectivity index (χ1v) is 1.98. The lowest BCUT2D eigenvalue weighted by atomic mass is 11.0. The Bertz CT molecular complexity index is 50.8. The van der Waals surface area contributed by atoms with Gasteiger partial charge in [-0.15, -0.1) is 5.17 Å². The average molecular weight is 88.1 g/mol. The molecule has 0 aliphatic carbocycles. The van der Waals surface area contributed by atoms with Crippen molar-refractivity contribution in [2.24, 2.45) is 0 Å². The molecule has 0 unspecified atom stereocenters. The maximum Gasteiger partial charge on any atom is 0.0298 e. The third-order valence-electron chi connectivity index (χ3n) is 0.833. The molecule has 0 saturated carbocycles. The molecular weight excluding hydrogens is 80.0 g/mol. The molecule has 0 atom stereocenters. The number of rotatable bonds is 1. The maximum absolute atomic E-state index is 8.45. The Labute approximate surface area is 36.7 Å². The largest absolute Gasteiger partial charge is 0.299 e. The monoisotopic (exact) mass is 88.1 g/mol. The minimum Gasteiger partial charge on any atom is -0.299 e. The first-order chi connectivity index (χ1) is 2.80. The minimum atomic E-state index is 1.01. The summed E-state index contributed by atoms with van der Waals surface area (Å²) in [5.74, 6) is 0. The van der Waals surface area contributed by atoms with Crippen molar-refractivity contribution < 1.29 is 5.21 Å². The van der Waals surface area contributed by atoms with E-state index in [-0.39, 0.29) is 0 Å². The van der Waals surface area contributed by atoms with Gasteiger partial charge in [-0.25, -0.2) is 5.01 Å². The quantitative estimate of drug-likeness (QED) is 0.347. The zero-order valence-electron chi connectivity index (χ0n) is 3.76. The Kier molecular flexibility index (Phi) is 0.799. The Morgan fingerprint density at radius 2 is 2.17 bits per heavy atom. The van der Waals surface area contributed by atoms with Crippen LogP contribution in [0.3, 0.4) is 0 Å². The molecule has 0 aromatic rings. The zero-order chi connectivity index (χ0) is 4.57. The predicted octanol–water partition coefficient (Wildman–Crippen LogP) is -0.462. The molecular formula is C3H8N2O. The molecule has 0 aromatic carbocycles. The summed E-state index contributed by atoms with van der Waals surface area (Å²) in [4.78, 5) is 0. The molecule has 1 saturated heterocycles. The molecule has 0 spiro atoms. The number of hydrogen-bond donors (Lipinski definition) is 1. The van der Waals surface area contributed by atoms with Gasteiger partial charge in [-0.1, -0.05) is 0 Å². The molecule has 1 heterocycles. The van der Waals surface area contributed by atoms with Crippen molar-refractivity contribution in [1.29, 1.82) is 0 Å². The molecule has 3 nitrogen and oxygen atoms in total. The highest BCUT2D eigenvalue weighted by molar-refractivity contribution is 4.63. The van der Waals surface area contributed by atoms with Crippen LogP contribution >= 0.6 is 0 Å². The smallest absolute Gasteiger partial charge is 0.0298 e. The van der Waals surface area contributed by atoms with Gasteiger partial charge < -0.3 is 0 Å². The minimum absolute atomic E-state index is 1.01. The molecule has 1 aliphatic heterocycles. The molecule has 0 bridgehead atoms. The van der Waals surface area contributed by atoms with Gasteiger partial charge in [0.1, 0.15) is 0 Å². The van der Waals surface area contributed by atoms with Crippen molar-refractivity contribution in [3.8, 4) is 0 Å². The molecule has 0 aromatic heterocycles. The third-order valence-corrected chi connectivity index (χ3v) is 0.833. The second-order valence-corrected chi connectivity index (χ2v) is 1.44. The van der Waals surface area contributed by atoms with Crippen LogP contribution in [0, 0.1) is 0 Å². The van der Waals surface area contributed by atoms with Gasteiger partial charge in [0.05, 0.1) is 0 Å². The van der Waals surface area contributed by atoms with E-state index in [1.807, 2.05) is 0 Å². The van der Waals surface area contributed by atoms with E-state index in [0.717, 1.165) is 18.3 Å². The Morgan fingerprint density at radius 3 is 2.17 bits per heavy atom.